The quantitative estimate of drug-likeness (QED) is 0.167. The maximum atomic E-state index is 14.4. The second-order valence-corrected chi connectivity index (χ2v) is 13.7. The molecule has 0 radical (unpaired) electrons. The van der Waals surface area contributed by atoms with Crippen LogP contribution < -0.4 is 9.62 Å². The molecule has 7 nitrogen and oxygen atoms in total. The molecule has 0 aliphatic heterocycles. The maximum Gasteiger partial charge on any atom is 0.417 e. The summed E-state index contributed by atoms with van der Waals surface area (Å²) < 4.78 is 70.3. The molecule has 0 spiro atoms. The first kappa shape index (κ1) is 35.8. The highest BCUT2D eigenvalue weighted by Crippen LogP contribution is 2.38. The first-order valence-electron chi connectivity index (χ1n) is 14.5. The highest BCUT2D eigenvalue weighted by molar-refractivity contribution is 7.92. The lowest BCUT2D eigenvalue weighted by Crippen LogP contribution is -2.54. The predicted octanol–water partition coefficient (Wildman–Crippen LogP) is 7.37. The average molecular weight is 707 g/mol. The summed E-state index contributed by atoms with van der Waals surface area (Å²) in [4.78, 5) is 29.1. The molecule has 0 fully saturated rings. The SMILES string of the molecule is CC(C)NC(=O)C(Cc1ccccc1)N(Cc1ccc(Cl)cc1)C(=O)CN(c1ccc(Cl)c(C(F)(F)F)c1)S(=O)(=O)c1ccccc1. The van der Waals surface area contributed by atoms with Crippen LogP contribution in [0, 0.1) is 0 Å². The lowest BCUT2D eigenvalue weighted by atomic mass is 10.0. The molecular formula is C34H32Cl2F3N3O4S. The fourth-order valence-corrected chi connectivity index (χ4v) is 6.63. The molecule has 13 heteroatoms. The van der Waals surface area contributed by atoms with E-state index in [0.717, 1.165) is 17.7 Å². The van der Waals surface area contributed by atoms with Gasteiger partial charge in [0.05, 0.1) is 21.2 Å². The number of halogens is 5. The van der Waals surface area contributed by atoms with Gasteiger partial charge in [-0.2, -0.15) is 13.2 Å². The van der Waals surface area contributed by atoms with Crippen LogP contribution in [0.4, 0.5) is 18.9 Å². The third-order valence-corrected chi connectivity index (χ3v) is 9.49. The van der Waals surface area contributed by atoms with E-state index < -0.39 is 56.9 Å². The summed E-state index contributed by atoms with van der Waals surface area (Å²) in [5.74, 6) is -1.32. The highest BCUT2D eigenvalue weighted by atomic mass is 35.5. The fraction of sp³-hybridized carbons (Fsp3) is 0.235. The van der Waals surface area contributed by atoms with Gasteiger partial charge in [-0.15, -0.1) is 0 Å². The minimum atomic E-state index is -4.91. The normalized spacial score (nSPS) is 12.4. The number of sulfonamides is 1. The Balaban J connectivity index is 1.85. The summed E-state index contributed by atoms with van der Waals surface area (Å²) in [5.41, 5.74) is -0.390. The smallest absolute Gasteiger partial charge is 0.352 e. The molecule has 1 N–H and O–H groups in total. The van der Waals surface area contributed by atoms with Gasteiger partial charge in [0.1, 0.15) is 12.6 Å². The van der Waals surface area contributed by atoms with Crippen LogP contribution in [-0.4, -0.2) is 43.8 Å². The van der Waals surface area contributed by atoms with Crippen molar-refractivity contribution in [3.8, 4) is 0 Å². The fourth-order valence-electron chi connectivity index (χ4n) is 4.86. The molecule has 47 heavy (non-hydrogen) atoms. The van der Waals surface area contributed by atoms with Crippen molar-refractivity contribution in [3.05, 3.63) is 130 Å². The average Bonchev–Trinajstić information content (AvgIpc) is 3.02. The van der Waals surface area contributed by atoms with E-state index in [-0.39, 0.29) is 23.9 Å². The molecule has 0 aromatic heterocycles. The van der Waals surface area contributed by atoms with E-state index in [1.165, 1.54) is 29.2 Å². The Morgan fingerprint density at radius 2 is 1.43 bits per heavy atom. The summed E-state index contributed by atoms with van der Waals surface area (Å²) in [6.07, 6.45) is -4.83. The summed E-state index contributed by atoms with van der Waals surface area (Å²) in [7, 11) is -4.60. The van der Waals surface area contributed by atoms with Gasteiger partial charge in [-0.25, -0.2) is 8.42 Å². The molecule has 1 unspecified atom stereocenters. The predicted molar refractivity (Wildman–Crippen MR) is 177 cm³/mol. The summed E-state index contributed by atoms with van der Waals surface area (Å²) >= 11 is 11.9. The van der Waals surface area contributed by atoms with Gasteiger partial charge in [0, 0.05) is 24.0 Å². The first-order valence-corrected chi connectivity index (χ1v) is 16.7. The molecule has 1 atom stereocenters. The zero-order valence-corrected chi connectivity index (χ0v) is 27.7. The summed E-state index contributed by atoms with van der Waals surface area (Å²) in [6.45, 7) is 2.46. The van der Waals surface area contributed by atoms with Gasteiger partial charge < -0.3 is 10.2 Å². The van der Waals surface area contributed by atoms with Gasteiger partial charge in [-0.05, 0) is 67.4 Å². The Morgan fingerprint density at radius 1 is 0.830 bits per heavy atom. The molecule has 0 saturated heterocycles. The van der Waals surface area contributed by atoms with Crippen LogP contribution in [0.3, 0.4) is 0 Å². The topological polar surface area (TPSA) is 86.8 Å². The second kappa shape index (κ2) is 15.2. The van der Waals surface area contributed by atoms with Crippen LogP contribution in [0.5, 0.6) is 0 Å². The minimum absolute atomic E-state index is 0.0727. The van der Waals surface area contributed by atoms with Gasteiger partial charge >= 0.3 is 6.18 Å². The number of hydrogen-bond acceptors (Lipinski definition) is 4. The molecule has 0 aliphatic rings. The van der Waals surface area contributed by atoms with Gasteiger partial charge in [0.2, 0.25) is 11.8 Å². The number of anilines is 1. The number of amides is 2. The Bertz CT molecular complexity index is 1790. The number of benzene rings is 4. The number of carbonyl (C=O) groups is 2. The van der Waals surface area contributed by atoms with E-state index in [4.69, 9.17) is 23.2 Å². The van der Waals surface area contributed by atoms with Crippen LogP contribution in [0.2, 0.25) is 10.0 Å². The number of rotatable bonds is 12. The molecule has 0 saturated carbocycles. The largest absolute Gasteiger partial charge is 0.417 e. The Morgan fingerprint density at radius 3 is 2.00 bits per heavy atom. The van der Waals surface area contributed by atoms with Crippen molar-refractivity contribution < 1.29 is 31.2 Å². The van der Waals surface area contributed by atoms with Crippen molar-refractivity contribution in [2.45, 2.75) is 50.0 Å². The van der Waals surface area contributed by atoms with Crippen LogP contribution in [-0.2, 0) is 38.8 Å². The molecule has 4 rings (SSSR count). The third kappa shape index (κ3) is 9.27. The van der Waals surface area contributed by atoms with Crippen LogP contribution in [0.15, 0.2) is 108 Å². The van der Waals surface area contributed by atoms with Crippen molar-refractivity contribution in [2.24, 2.45) is 0 Å². The Hall–Kier alpha value is -4.06. The van der Waals surface area contributed by atoms with Crippen LogP contribution >= 0.6 is 23.2 Å². The van der Waals surface area contributed by atoms with Crippen molar-refractivity contribution >= 4 is 50.7 Å². The lowest BCUT2D eigenvalue weighted by Gasteiger charge is -2.34. The highest BCUT2D eigenvalue weighted by Gasteiger charge is 2.37. The number of hydrogen-bond donors (Lipinski definition) is 1. The van der Waals surface area contributed by atoms with E-state index in [2.05, 4.69) is 5.32 Å². The monoisotopic (exact) mass is 705 g/mol. The second-order valence-electron chi connectivity index (χ2n) is 11.0. The number of alkyl halides is 3. The molecule has 0 aliphatic carbocycles. The summed E-state index contributed by atoms with van der Waals surface area (Å²) in [5, 5.41) is 2.64. The van der Waals surface area contributed by atoms with E-state index in [0.29, 0.717) is 21.0 Å². The zero-order chi connectivity index (χ0) is 34.4. The number of carbonyl (C=O) groups excluding carboxylic acids is 2. The van der Waals surface area contributed by atoms with Gasteiger partial charge in [0.15, 0.2) is 0 Å². The number of nitrogens with one attached hydrogen (secondary N) is 1. The van der Waals surface area contributed by atoms with E-state index >= 15 is 0 Å². The van der Waals surface area contributed by atoms with Gasteiger partial charge in [-0.1, -0.05) is 83.9 Å². The van der Waals surface area contributed by atoms with Crippen molar-refractivity contribution in [1.29, 1.82) is 0 Å². The minimum Gasteiger partial charge on any atom is -0.352 e. The third-order valence-electron chi connectivity index (χ3n) is 7.12. The number of nitrogens with zero attached hydrogens (tertiary/aromatic N) is 2. The molecule has 4 aromatic carbocycles. The molecule has 4 aromatic rings. The lowest BCUT2D eigenvalue weighted by molar-refractivity contribution is -0.140. The summed E-state index contributed by atoms with van der Waals surface area (Å²) in [6, 6.07) is 23.7. The molecule has 0 bridgehead atoms. The Kier molecular flexibility index (Phi) is 11.6. The van der Waals surface area contributed by atoms with E-state index in [9.17, 15) is 31.2 Å². The van der Waals surface area contributed by atoms with Crippen molar-refractivity contribution in [1.82, 2.24) is 10.2 Å². The van der Waals surface area contributed by atoms with Crippen LogP contribution in [0.1, 0.15) is 30.5 Å². The van der Waals surface area contributed by atoms with Crippen molar-refractivity contribution in [2.75, 3.05) is 10.8 Å². The maximum absolute atomic E-state index is 14.4. The standard InChI is InChI=1S/C34H32Cl2F3N3O4S/c1-23(2)40-33(44)31(19-24-9-5-3-6-10-24)41(21-25-13-15-26(35)16-14-25)32(43)22-42(47(45,46)28-11-7-4-8-12-28)27-17-18-30(36)29(20-27)34(37,38)39/h3-18,20,23,31H,19,21-22H2,1-2H3,(H,40,44). The molecule has 0 heterocycles. The van der Waals surface area contributed by atoms with E-state index in [1.807, 2.05) is 0 Å². The molecular weight excluding hydrogens is 674 g/mol. The molecule has 2 amide bonds. The van der Waals surface area contributed by atoms with Crippen LogP contribution in [0.25, 0.3) is 0 Å². The molecule has 248 valence electrons. The van der Waals surface area contributed by atoms with E-state index in [1.54, 1.807) is 74.5 Å². The zero-order valence-electron chi connectivity index (χ0n) is 25.4. The van der Waals surface area contributed by atoms with Gasteiger partial charge in [-0.3, -0.25) is 13.9 Å². The van der Waals surface area contributed by atoms with Gasteiger partial charge in [0.25, 0.3) is 10.0 Å². The first-order chi connectivity index (χ1) is 22.2. The van der Waals surface area contributed by atoms with Crippen molar-refractivity contribution in [3.63, 3.8) is 0 Å². The Labute approximate surface area is 282 Å².